The quantitative estimate of drug-likeness (QED) is 0.572. The first-order valence-electron chi connectivity index (χ1n) is 6.62. The van der Waals surface area contributed by atoms with Crippen LogP contribution in [0.15, 0.2) is 74.1 Å². The number of H-pyrrole nitrogens is 1. The molecule has 0 aliphatic carbocycles. The molecule has 2 aromatic carbocycles. The molecule has 0 aliphatic rings. The van der Waals surface area contributed by atoms with Crippen molar-refractivity contribution >= 4 is 11.8 Å². The number of rotatable bonds is 3. The van der Waals surface area contributed by atoms with Gasteiger partial charge >= 0.3 is 5.69 Å². The lowest BCUT2D eigenvalue weighted by Crippen LogP contribution is -2.32. The predicted molar refractivity (Wildman–Crippen MR) is 84.5 cm³/mol. The standard InChI is InChI=1S/C16H11FN2O3S/c17-12-3-1-2-11(8-12)10-4-6-13(7-5-10)23-14-9-15(20)19(22)16(21)18-14/h1-9,22H,(H,18,21). The number of hydrogen-bond acceptors (Lipinski definition) is 4. The van der Waals surface area contributed by atoms with E-state index in [2.05, 4.69) is 4.98 Å². The van der Waals surface area contributed by atoms with Crippen molar-refractivity contribution in [3.8, 4) is 11.1 Å². The van der Waals surface area contributed by atoms with Gasteiger partial charge in [-0.05, 0) is 35.4 Å². The normalized spacial score (nSPS) is 10.7. The Labute approximate surface area is 134 Å². The maximum absolute atomic E-state index is 13.2. The zero-order valence-corrected chi connectivity index (χ0v) is 12.5. The monoisotopic (exact) mass is 330 g/mol. The van der Waals surface area contributed by atoms with Gasteiger partial charge in [0, 0.05) is 11.0 Å². The van der Waals surface area contributed by atoms with Crippen LogP contribution in [0.2, 0.25) is 0 Å². The molecular formula is C16H11FN2O3S. The summed E-state index contributed by atoms with van der Waals surface area (Å²) in [4.78, 5) is 25.9. The van der Waals surface area contributed by atoms with E-state index in [0.29, 0.717) is 5.03 Å². The lowest BCUT2D eigenvalue weighted by Gasteiger charge is -2.05. The third-order valence-electron chi connectivity index (χ3n) is 3.13. The zero-order valence-electron chi connectivity index (χ0n) is 11.7. The van der Waals surface area contributed by atoms with Crippen LogP contribution in [-0.4, -0.2) is 14.9 Å². The molecule has 0 amide bonds. The van der Waals surface area contributed by atoms with Gasteiger partial charge in [0.2, 0.25) is 0 Å². The molecule has 1 aromatic heterocycles. The molecule has 3 aromatic rings. The SMILES string of the molecule is O=c1cc(Sc2ccc(-c3cccc(F)c3)cc2)[nH]c(=O)n1O. The first-order chi connectivity index (χ1) is 11.0. The van der Waals surface area contributed by atoms with Gasteiger partial charge in [-0.2, -0.15) is 0 Å². The average Bonchev–Trinajstić information content (AvgIpc) is 2.53. The molecule has 116 valence electrons. The van der Waals surface area contributed by atoms with E-state index in [9.17, 15) is 14.0 Å². The van der Waals surface area contributed by atoms with Crippen LogP contribution >= 0.6 is 11.8 Å². The van der Waals surface area contributed by atoms with Gasteiger partial charge in [0.05, 0.1) is 5.03 Å². The van der Waals surface area contributed by atoms with E-state index in [1.807, 2.05) is 18.2 Å². The van der Waals surface area contributed by atoms with E-state index in [0.717, 1.165) is 22.1 Å². The second-order valence-electron chi connectivity index (χ2n) is 4.73. The highest BCUT2D eigenvalue weighted by molar-refractivity contribution is 7.99. The van der Waals surface area contributed by atoms with Gasteiger partial charge in [-0.25, -0.2) is 9.18 Å². The molecular weight excluding hydrogens is 319 g/mol. The summed E-state index contributed by atoms with van der Waals surface area (Å²) < 4.78 is 13.2. The summed E-state index contributed by atoms with van der Waals surface area (Å²) in [6, 6.07) is 14.7. The Morgan fingerprint density at radius 2 is 1.74 bits per heavy atom. The van der Waals surface area contributed by atoms with E-state index in [1.165, 1.54) is 23.9 Å². The summed E-state index contributed by atoms with van der Waals surface area (Å²) in [5.74, 6) is -0.303. The van der Waals surface area contributed by atoms with Gasteiger partial charge in [0.15, 0.2) is 0 Å². The molecule has 2 N–H and O–H groups in total. The second-order valence-corrected chi connectivity index (χ2v) is 5.84. The van der Waals surface area contributed by atoms with Crippen LogP contribution in [0.4, 0.5) is 4.39 Å². The molecule has 0 saturated carbocycles. The first kappa shape index (κ1) is 15.1. The van der Waals surface area contributed by atoms with Crippen LogP contribution < -0.4 is 11.2 Å². The van der Waals surface area contributed by atoms with E-state index in [4.69, 9.17) is 5.21 Å². The summed E-state index contributed by atoms with van der Waals surface area (Å²) in [5.41, 5.74) is -0.0741. The highest BCUT2D eigenvalue weighted by Gasteiger charge is 2.05. The minimum atomic E-state index is -0.892. The van der Waals surface area contributed by atoms with Crippen molar-refractivity contribution in [2.24, 2.45) is 0 Å². The van der Waals surface area contributed by atoms with Crippen molar-refractivity contribution in [3.05, 3.63) is 81.3 Å². The molecule has 0 radical (unpaired) electrons. The van der Waals surface area contributed by atoms with E-state index in [1.54, 1.807) is 18.2 Å². The van der Waals surface area contributed by atoms with Crippen LogP contribution in [-0.2, 0) is 0 Å². The Balaban J connectivity index is 1.86. The van der Waals surface area contributed by atoms with Crippen LogP contribution in [0.1, 0.15) is 0 Å². The van der Waals surface area contributed by atoms with Crippen molar-refractivity contribution in [1.82, 2.24) is 9.71 Å². The van der Waals surface area contributed by atoms with E-state index in [-0.39, 0.29) is 10.5 Å². The third kappa shape index (κ3) is 3.35. The fraction of sp³-hybridized carbons (Fsp3) is 0. The molecule has 0 unspecified atom stereocenters. The van der Waals surface area contributed by atoms with Gasteiger partial charge in [-0.1, -0.05) is 40.8 Å². The minimum Gasteiger partial charge on any atom is -0.421 e. The highest BCUT2D eigenvalue weighted by atomic mass is 32.2. The second kappa shape index (κ2) is 6.13. The van der Waals surface area contributed by atoms with Gasteiger partial charge in [0.1, 0.15) is 5.82 Å². The van der Waals surface area contributed by atoms with Crippen LogP contribution in [0.5, 0.6) is 0 Å². The molecule has 0 bridgehead atoms. The van der Waals surface area contributed by atoms with Crippen molar-refractivity contribution < 1.29 is 9.60 Å². The Bertz CT molecular complexity index is 933. The summed E-state index contributed by atoms with van der Waals surface area (Å²) in [6.45, 7) is 0. The summed E-state index contributed by atoms with van der Waals surface area (Å²) in [5, 5.41) is 9.43. The van der Waals surface area contributed by atoms with E-state index >= 15 is 0 Å². The van der Waals surface area contributed by atoms with Gasteiger partial charge in [-0.3, -0.25) is 9.78 Å². The molecule has 3 rings (SSSR count). The maximum Gasteiger partial charge on any atom is 0.362 e. The number of nitrogens with one attached hydrogen (secondary N) is 1. The fourth-order valence-electron chi connectivity index (χ4n) is 2.03. The molecule has 5 nitrogen and oxygen atoms in total. The molecule has 0 spiro atoms. The summed E-state index contributed by atoms with van der Waals surface area (Å²) in [6.07, 6.45) is 0. The predicted octanol–water partition coefficient (Wildman–Crippen LogP) is 2.73. The Morgan fingerprint density at radius 3 is 2.39 bits per heavy atom. The zero-order chi connectivity index (χ0) is 16.4. The summed E-state index contributed by atoms with van der Waals surface area (Å²) in [7, 11) is 0. The Morgan fingerprint density at radius 1 is 1.00 bits per heavy atom. The number of aromatic amines is 1. The smallest absolute Gasteiger partial charge is 0.362 e. The molecule has 1 heterocycles. The van der Waals surface area contributed by atoms with E-state index < -0.39 is 11.2 Å². The van der Waals surface area contributed by atoms with Gasteiger partial charge in [0.25, 0.3) is 5.56 Å². The molecule has 23 heavy (non-hydrogen) atoms. The minimum absolute atomic E-state index is 0.0110. The maximum atomic E-state index is 13.2. The van der Waals surface area contributed by atoms with Crippen molar-refractivity contribution in [1.29, 1.82) is 0 Å². The summed E-state index contributed by atoms with van der Waals surface area (Å²) >= 11 is 1.18. The van der Waals surface area contributed by atoms with Crippen molar-refractivity contribution in [2.45, 2.75) is 9.92 Å². The van der Waals surface area contributed by atoms with Gasteiger partial charge < -0.3 is 5.21 Å². The van der Waals surface area contributed by atoms with Crippen molar-refractivity contribution in [2.75, 3.05) is 0 Å². The third-order valence-corrected chi connectivity index (χ3v) is 4.07. The number of halogens is 1. The lowest BCUT2D eigenvalue weighted by atomic mass is 10.1. The lowest BCUT2D eigenvalue weighted by molar-refractivity contribution is 0.159. The molecule has 0 saturated heterocycles. The fourth-order valence-corrected chi connectivity index (χ4v) is 2.86. The molecule has 0 aliphatic heterocycles. The van der Waals surface area contributed by atoms with Crippen LogP contribution in [0.25, 0.3) is 11.1 Å². The van der Waals surface area contributed by atoms with Crippen LogP contribution in [0, 0.1) is 5.82 Å². The topological polar surface area (TPSA) is 75.1 Å². The number of aromatic nitrogens is 2. The molecule has 0 fully saturated rings. The number of benzene rings is 2. The Kier molecular flexibility index (Phi) is 4.03. The van der Waals surface area contributed by atoms with Crippen molar-refractivity contribution in [3.63, 3.8) is 0 Å². The molecule has 0 atom stereocenters. The van der Waals surface area contributed by atoms with Gasteiger partial charge in [-0.15, -0.1) is 0 Å². The highest BCUT2D eigenvalue weighted by Crippen LogP contribution is 2.27. The number of hydrogen-bond donors (Lipinski definition) is 2. The molecule has 7 heteroatoms. The average molecular weight is 330 g/mol. The van der Waals surface area contributed by atoms with Crippen LogP contribution in [0.3, 0.4) is 0 Å². The first-order valence-corrected chi connectivity index (χ1v) is 7.44. The largest absolute Gasteiger partial charge is 0.421 e. The number of nitrogens with zero attached hydrogens (tertiary/aromatic N) is 1. The Hall–Kier alpha value is -2.80.